The first-order valence-corrected chi connectivity index (χ1v) is 7.65. The van der Waals surface area contributed by atoms with Crippen LogP contribution in [0.15, 0.2) is 0 Å². The van der Waals surface area contributed by atoms with Gasteiger partial charge >= 0.3 is 0 Å². The first kappa shape index (κ1) is 15.4. The predicted octanol–water partition coefficient (Wildman–Crippen LogP) is 3.40. The van der Waals surface area contributed by atoms with Gasteiger partial charge in [0.25, 0.3) is 0 Å². The fourth-order valence-corrected chi connectivity index (χ4v) is 3.37. The average molecular weight is 269 g/mol. The highest BCUT2D eigenvalue weighted by Crippen LogP contribution is 2.33. The minimum absolute atomic E-state index is 0.118. The summed E-state index contributed by atoms with van der Waals surface area (Å²) in [5.74, 6) is 0. The minimum atomic E-state index is 0.118. The maximum absolute atomic E-state index is 4.89. The zero-order valence-corrected chi connectivity index (χ0v) is 13.4. The highest BCUT2D eigenvalue weighted by molar-refractivity contribution is 7.15. The first-order valence-electron chi connectivity index (χ1n) is 6.83. The van der Waals surface area contributed by atoms with Crippen LogP contribution in [0.1, 0.15) is 51.6 Å². The molecule has 1 aromatic heterocycles. The Morgan fingerprint density at radius 2 is 1.94 bits per heavy atom. The molecule has 0 spiro atoms. The third kappa shape index (κ3) is 3.69. The van der Waals surface area contributed by atoms with Crippen LogP contribution >= 0.6 is 11.3 Å². The van der Waals surface area contributed by atoms with Gasteiger partial charge in [0.2, 0.25) is 0 Å². The number of hydrogen-bond donors (Lipinski definition) is 1. The van der Waals surface area contributed by atoms with Gasteiger partial charge in [0.15, 0.2) is 5.13 Å². The Bertz CT molecular complexity index is 366. The van der Waals surface area contributed by atoms with Crippen LogP contribution in [0.3, 0.4) is 0 Å². The van der Waals surface area contributed by atoms with Crippen molar-refractivity contribution in [2.75, 3.05) is 25.0 Å². The summed E-state index contributed by atoms with van der Waals surface area (Å²) in [6, 6.07) is 0. The second-order valence-electron chi connectivity index (χ2n) is 5.63. The number of hydrogen-bond acceptors (Lipinski definition) is 4. The summed E-state index contributed by atoms with van der Waals surface area (Å²) in [6.07, 6.45) is 1.17. The van der Waals surface area contributed by atoms with Gasteiger partial charge in [0.1, 0.15) is 0 Å². The molecule has 3 nitrogen and oxygen atoms in total. The maximum Gasteiger partial charge on any atom is 0.185 e. The van der Waals surface area contributed by atoms with Gasteiger partial charge in [-0.05, 0) is 20.4 Å². The van der Waals surface area contributed by atoms with Gasteiger partial charge in [-0.25, -0.2) is 4.98 Å². The summed E-state index contributed by atoms with van der Waals surface area (Å²) in [6.45, 7) is 14.2. The molecule has 0 aliphatic heterocycles. The summed E-state index contributed by atoms with van der Waals surface area (Å²) in [5, 5.41) is 4.43. The quantitative estimate of drug-likeness (QED) is 0.858. The van der Waals surface area contributed by atoms with Crippen LogP contribution in [0.2, 0.25) is 0 Å². The number of thiazole rings is 1. The molecule has 1 N–H and O–H groups in total. The largest absolute Gasteiger partial charge is 0.348 e. The number of rotatable bonds is 6. The molecule has 1 aromatic rings. The zero-order valence-electron chi connectivity index (χ0n) is 12.6. The van der Waals surface area contributed by atoms with Gasteiger partial charge in [-0.15, -0.1) is 11.3 Å². The minimum Gasteiger partial charge on any atom is -0.348 e. The second-order valence-corrected chi connectivity index (χ2v) is 6.69. The topological polar surface area (TPSA) is 28.2 Å². The Kier molecular flexibility index (Phi) is 5.60. The van der Waals surface area contributed by atoms with Crippen molar-refractivity contribution in [2.24, 2.45) is 0 Å². The van der Waals surface area contributed by atoms with Crippen LogP contribution in [0.4, 0.5) is 5.13 Å². The van der Waals surface area contributed by atoms with Crippen LogP contribution in [-0.2, 0) is 12.0 Å². The van der Waals surface area contributed by atoms with Crippen LogP contribution in [-0.4, -0.2) is 25.1 Å². The second kappa shape index (κ2) is 6.53. The SMILES string of the molecule is CCCN(CC)c1nc(C(C)(C)C)c(CNC)s1. The van der Waals surface area contributed by atoms with E-state index in [1.54, 1.807) is 0 Å². The fourth-order valence-electron chi connectivity index (χ4n) is 2.00. The number of nitrogens with one attached hydrogen (secondary N) is 1. The molecule has 0 fully saturated rings. The molecule has 0 aliphatic rings. The van der Waals surface area contributed by atoms with Crippen LogP contribution in [0.5, 0.6) is 0 Å². The van der Waals surface area contributed by atoms with Gasteiger partial charge in [-0.2, -0.15) is 0 Å². The van der Waals surface area contributed by atoms with E-state index in [1.165, 1.54) is 22.1 Å². The average Bonchev–Trinajstić information content (AvgIpc) is 2.70. The molecule has 4 heteroatoms. The van der Waals surface area contributed by atoms with Crippen LogP contribution in [0.25, 0.3) is 0 Å². The van der Waals surface area contributed by atoms with E-state index in [4.69, 9.17) is 4.98 Å². The summed E-state index contributed by atoms with van der Waals surface area (Å²) in [7, 11) is 2.00. The molecule has 18 heavy (non-hydrogen) atoms. The van der Waals surface area contributed by atoms with E-state index in [2.05, 4.69) is 44.8 Å². The van der Waals surface area contributed by atoms with Gasteiger partial charge in [-0.1, -0.05) is 27.7 Å². The molecule has 0 bridgehead atoms. The van der Waals surface area contributed by atoms with Crippen molar-refractivity contribution in [1.82, 2.24) is 10.3 Å². The Morgan fingerprint density at radius 3 is 2.39 bits per heavy atom. The molecular weight excluding hydrogens is 242 g/mol. The molecule has 104 valence electrons. The molecule has 0 atom stereocenters. The molecule has 1 heterocycles. The lowest BCUT2D eigenvalue weighted by Crippen LogP contribution is -2.23. The van der Waals surface area contributed by atoms with E-state index in [9.17, 15) is 0 Å². The van der Waals surface area contributed by atoms with Gasteiger partial charge in [0, 0.05) is 29.9 Å². The summed E-state index contributed by atoms with van der Waals surface area (Å²) < 4.78 is 0. The van der Waals surface area contributed by atoms with Crippen LogP contribution in [0, 0.1) is 0 Å². The number of nitrogens with zero attached hydrogens (tertiary/aromatic N) is 2. The van der Waals surface area contributed by atoms with E-state index >= 15 is 0 Å². The van der Waals surface area contributed by atoms with Crippen molar-refractivity contribution in [3.63, 3.8) is 0 Å². The molecule has 0 saturated carbocycles. The van der Waals surface area contributed by atoms with Gasteiger partial charge in [-0.3, -0.25) is 0 Å². The standard InChI is InChI=1S/C14H27N3S/c1-7-9-17(8-2)13-16-12(14(3,4)5)11(18-13)10-15-6/h15H,7-10H2,1-6H3. The molecular formula is C14H27N3S. The maximum atomic E-state index is 4.89. The molecule has 0 unspecified atom stereocenters. The van der Waals surface area contributed by atoms with Gasteiger partial charge in [0.05, 0.1) is 5.69 Å². The monoisotopic (exact) mass is 269 g/mol. The first-order chi connectivity index (χ1) is 8.43. The number of aromatic nitrogens is 1. The predicted molar refractivity (Wildman–Crippen MR) is 81.8 cm³/mol. The summed E-state index contributed by atoms with van der Waals surface area (Å²) in [5.41, 5.74) is 1.36. The van der Waals surface area contributed by atoms with Crippen LogP contribution < -0.4 is 10.2 Å². The molecule has 0 radical (unpaired) electrons. The Hall–Kier alpha value is -0.610. The smallest absolute Gasteiger partial charge is 0.185 e. The summed E-state index contributed by atoms with van der Waals surface area (Å²) >= 11 is 1.84. The highest BCUT2D eigenvalue weighted by Gasteiger charge is 2.24. The van der Waals surface area contributed by atoms with Crippen molar-refractivity contribution < 1.29 is 0 Å². The lowest BCUT2D eigenvalue weighted by Gasteiger charge is -2.19. The van der Waals surface area contributed by atoms with Crippen molar-refractivity contribution in [3.05, 3.63) is 10.6 Å². The molecule has 0 amide bonds. The molecule has 0 saturated heterocycles. The van der Waals surface area contributed by atoms with Crippen molar-refractivity contribution >= 4 is 16.5 Å². The molecule has 1 rings (SSSR count). The van der Waals surface area contributed by atoms with Crippen molar-refractivity contribution in [2.45, 2.75) is 53.0 Å². The van der Waals surface area contributed by atoms with E-state index in [-0.39, 0.29) is 5.41 Å². The van der Waals surface area contributed by atoms with Gasteiger partial charge < -0.3 is 10.2 Å². The summed E-state index contributed by atoms with van der Waals surface area (Å²) in [4.78, 5) is 8.64. The van der Waals surface area contributed by atoms with E-state index in [0.29, 0.717) is 0 Å². The van der Waals surface area contributed by atoms with E-state index in [0.717, 1.165) is 19.6 Å². The molecule has 0 aliphatic carbocycles. The lowest BCUT2D eigenvalue weighted by atomic mass is 9.91. The Labute approximate surface area is 116 Å². The van der Waals surface area contributed by atoms with E-state index in [1.807, 2.05) is 18.4 Å². The van der Waals surface area contributed by atoms with E-state index < -0.39 is 0 Å². The third-order valence-electron chi connectivity index (χ3n) is 2.88. The highest BCUT2D eigenvalue weighted by atomic mass is 32.1. The zero-order chi connectivity index (χ0) is 13.8. The Balaban J connectivity index is 3.08. The van der Waals surface area contributed by atoms with Crippen molar-refractivity contribution in [1.29, 1.82) is 0 Å². The fraction of sp³-hybridized carbons (Fsp3) is 0.786. The van der Waals surface area contributed by atoms with Crippen molar-refractivity contribution in [3.8, 4) is 0 Å². The molecule has 0 aromatic carbocycles. The lowest BCUT2D eigenvalue weighted by molar-refractivity contribution is 0.562. The number of anilines is 1. The third-order valence-corrected chi connectivity index (χ3v) is 4.00. The normalized spacial score (nSPS) is 11.9. The Morgan fingerprint density at radius 1 is 1.28 bits per heavy atom.